The highest BCUT2D eigenvalue weighted by Gasteiger charge is 2.04. The highest BCUT2D eigenvalue weighted by atomic mass is 19.1. The van der Waals surface area contributed by atoms with Gasteiger partial charge < -0.3 is 5.32 Å². The topological polar surface area (TPSA) is 12.0 Å². The lowest BCUT2D eigenvalue weighted by Gasteiger charge is -2.10. The van der Waals surface area contributed by atoms with Crippen LogP contribution in [0.3, 0.4) is 0 Å². The summed E-state index contributed by atoms with van der Waals surface area (Å²) in [4.78, 5) is 0. The minimum Gasteiger partial charge on any atom is -0.309 e. The molecule has 1 N–H and O–H groups in total. The predicted octanol–water partition coefficient (Wildman–Crippen LogP) is 4.35. The fourth-order valence-electron chi connectivity index (χ4n) is 2.47. The summed E-state index contributed by atoms with van der Waals surface area (Å²) in [6.45, 7) is 9.46. The van der Waals surface area contributed by atoms with Gasteiger partial charge in [0.15, 0.2) is 0 Å². The molecular formula is C18H22FN. The van der Waals surface area contributed by atoms with Gasteiger partial charge in [-0.15, -0.1) is 0 Å². The SMILES string of the molecule is Cc1ccc(C)c(CNCc2cc(C)c(F)c(C)c2)c1. The van der Waals surface area contributed by atoms with E-state index in [2.05, 4.69) is 37.4 Å². The zero-order valence-electron chi connectivity index (χ0n) is 12.7. The standard InChI is InChI=1S/C18H22FN/c1-12-5-6-13(2)17(7-12)11-20-10-16-8-14(3)18(19)15(4)9-16/h5-9,20H,10-11H2,1-4H3. The van der Waals surface area contributed by atoms with E-state index < -0.39 is 0 Å². The van der Waals surface area contributed by atoms with Crippen molar-refractivity contribution in [2.45, 2.75) is 40.8 Å². The van der Waals surface area contributed by atoms with E-state index in [-0.39, 0.29) is 5.82 Å². The lowest BCUT2D eigenvalue weighted by Crippen LogP contribution is -2.14. The highest BCUT2D eigenvalue weighted by Crippen LogP contribution is 2.15. The van der Waals surface area contributed by atoms with Crippen molar-refractivity contribution >= 4 is 0 Å². The van der Waals surface area contributed by atoms with Gasteiger partial charge in [-0.25, -0.2) is 4.39 Å². The zero-order chi connectivity index (χ0) is 14.7. The number of hydrogen-bond donors (Lipinski definition) is 1. The molecule has 0 aromatic heterocycles. The van der Waals surface area contributed by atoms with E-state index in [1.807, 2.05) is 26.0 Å². The van der Waals surface area contributed by atoms with Crippen LogP contribution in [0.4, 0.5) is 4.39 Å². The van der Waals surface area contributed by atoms with Gasteiger partial charge in [0, 0.05) is 13.1 Å². The first-order chi connectivity index (χ1) is 9.47. The summed E-state index contributed by atoms with van der Waals surface area (Å²) in [6.07, 6.45) is 0. The van der Waals surface area contributed by atoms with Gasteiger partial charge in [0.05, 0.1) is 0 Å². The molecule has 0 amide bonds. The molecule has 0 radical (unpaired) electrons. The first-order valence-electron chi connectivity index (χ1n) is 7.00. The molecule has 0 aliphatic rings. The molecule has 0 heterocycles. The fraction of sp³-hybridized carbons (Fsp3) is 0.333. The van der Waals surface area contributed by atoms with E-state index in [1.54, 1.807) is 0 Å². The van der Waals surface area contributed by atoms with Crippen LogP contribution < -0.4 is 5.32 Å². The van der Waals surface area contributed by atoms with Crippen LogP contribution in [0.15, 0.2) is 30.3 Å². The third-order valence-corrected chi connectivity index (χ3v) is 3.65. The van der Waals surface area contributed by atoms with Crippen molar-refractivity contribution in [3.8, 4) is 0 Å². The van der Waals surface area contributed by atoms with Crippen LogP contribution in [-0.2, 0) is 13.1 Å². The number of nitrogens with one attached hydrogen (secondary N) is 1. The number of benzene rings is 2. The average molecular weight is 271 g/mol. The Morgan fingerprint density at radius 3 is 2.15 bits per heavy atom. The van der Waals surface area contributed by atoms with Gasteiger partial charge in [-0.1, -0.05) is 35.9 Å². The molecular weight excluding hydrogens is 249 g/mol. The second-order valence-electron chi connectivity index (χ2n) is 5.58. The molecule has 0 aliphatic heterocycles. The Kier molecular flexibility index (Phi) is 4.56. The summed E-state index contributed by atoms with van der Waals surface area (Å²) in [6, 6.07) is 10.3. The maximum Gasteiger partial charge on any atom is 0.129 e. The minimum absolute atomic E-state index is 0.0942. The molecule has 0 saturated heterocycles. The summed E-state index contributed by atoms with van der Waals surface area (Å²) >= 11 is 0. The molecule has 0 fully saturated rings. The van der Waals surface area contributed by atoms with E-state index >= 15 is 0 Å². The van der Waals surface area contributed by atoms with Crippen LogP contribution in [-0.4, -0.2) is 0 Å². The van der Waals surface area contributed by atoms with Gasteiger partial charge in [0.2, 0.25) is 0 Å². The smallest absolute Gasteiger partial charge is 0.129 e. The Balaban J connectivity index is 2.01. The van der Waals surface area contributed by atoms with Gasteiger partial charge in [0.1, 0.15) is 5.82 Å². The molecule has 2 aromatic rings. The number of aryl methyl sites for hydroxylation is 4. The molecule has 0 unspecified atom stereocenters. The van der Waals surface area contributed by atoms with Crippen molar-refractivity contribution in [1.82, 2.24) is 5.32 Å². The monoisotopic (exact) mass is 271 g/mol. The molecule has 20 heavy (non-hydrogen) atoms. The quantitative estimate of drug-likeness (QED) is 0.871. The molecule has 2 heteroatoms. The normalized spacial score (nSPS) is 10.8. The fourth-order valence-corrected chi connectivity index (χ4v) is 2.47. The highest BCUT2D eigenvalue weighted by molar-refractivity contribution is 5.32. The van der Waals surface area contributed by atoms with E-state index in [9.17, 15) is 4.39 Å². The Hall–Kier alpha value is -1.67. The predicted molar refractivity (Wildman–Crippen MR) is 82.3 cm³/mol. The van der Waals surface area contributed by atoms with Gasteiger partial charge in [-0.05, 0) is 55.5 Å². The molecule has 0 spiro atoms. The molecule has 0 saturated carbocycles. The second kappa shape index (κ2) is 6.19. The van der Waals surface area contributed by atoms with Crippen molar-refractivity contribution in [1.29, 1.82) is 0 Å². The second-order valence-corrected chi connectivity index (χ2v) is 5.58. The van der Waals surface area contributed by atoms with Crippen LogP contribution in [0.5, 0.6) is 0 Å². The number of rotatable bonds is 4. The molecule has 0 aliphatic carbocycles. The Morgan fingerprint density at radius 2 is 1.50 bits per heavy atom. The van der Waals surface area contributed by atoms with Crippen molar-refractivity contribution in [2.75, 3.05) is 0 Å². The Morgan fingerprint density at radius 1 is 0.850 bits per heavy atom. The maximum atomic E-state index is 13.6. The van der Waals surface area contributed by atoms with Crippen LogP contribution in [0.25, 0.3) is 0 Å². The third kappa shape index (κ3) is 3.45. The Bertz CT molecular complexity index is 594. The first kappa shape index (κ1) is 14.7. The average Bonchev–Trinajstić information content (AvgIpc) is 2.40. The summed E-state index contributed by atoms with van der Waals surface area (Å²) in [5.74, 6) is -0.0942. The number of hydrogen-bond acceptors (Lipinski definition) is 1. The molecule has 2 aromatic carbocycles. The lowest BCUT2D eigenvalue weighted by atomic mass is 10.0. The lowest BCUT2D eigenvalue weighted by molar-refractivity contribution is 0.606. The van der Waals surface area contributed by atoms with Gasteiger partial charge >= 0.3 is 0 Å². The maximum absolute atomic E-state index is 13.6. The first-order valence-corrected chi connectivity index (χ1v) is 7.00. The van der Waals surface area contributed by atoms with E-state index in [1.165, 1.54) is 16.7 Å². The van der Waals surface area contributed by atoms with Crippen LogP contribution in [0, 0.1) is 33.5 Å². The summed E-state index contributed by atoms with van der Waals surface area (Å²) in [5.41, 5.74) is 6.46. The van der Waals surface area contributed by atoms with Crippen LogP contribution in [0.1, 0.15) is 33.4 Å². The zero-order valence-corrected chi connectivity index (χ0v) is 12.7. The van der Waals surface area contributed by atoms with Crippen molar-refractivity contribution in [3.05, 3.63) is 69.5 Å². The van der Waals surface area contributed by atoms with Crippen LogP contribution in [0.2, 0.25) is 0 Å². The van der Waals surface area contributed by atoms with Crippen LogP contribution >= 0.6 is 0 Å². The summed E-state index contributed by atoms with van der Waals surface area (Å²) in [7, 11) is 0. The molecule has 1 nitrogen and oxygen atoms in total. The van der Waals surface area contributed by atoms with Gasteiger partial charge in [-0.2, -0.15) is 0 Å². The minimum atomic E-state index is -0.0942. The Labute approximate surface area is 120 Å². The third-order valence-electron chi connectivity index (χ3n) is 3.65. The molecule has 0 atom stereocenters. The van der Waals surface area contributed by atoms with Gasteiger partial charge in [-0.3, -0.25) is 0 Å². The van der Waals surface area contributed by atoms with Crippen molar-refractivity contribution in [3.63, 3.8) is 0 Å². The molecule has 0 bridgehead atoms. The number of halogens is 1. The van der Waals surface area contributed by atoms with E-state index in [0.29, 0.717) is 11.1 Å². The van der Waals surface area contributed by atoms with E-state index in [4.69, 9.17) is 0 Å². The largest absolute Gasteiger partial charge is 0.309 e. The van der Waals surface area contributed by atoms with Crippen molar-refractivity contribution in [2.24, 2.45) is 0 Å². The summed E-state index contributed by atoms with van der Waals surface area (Å²) < 4.78 is 13.6. The van der Waals surface area contributed by atoms with Gasteiger partial charge in [0.25, 0.3) is 0 Å². The van der Waals surface area contributed by atoms with E-state index in [0.717, 1.165) is 18.7 Å². The molecule has 106 valence electrons. The molecule has 2 rings (SSSR count). The van der Waals surface area contributed by atoms with Crippen molar-refractivity contribution < 1.29 is 4.39 Å². The summed E-state index contributed by atoms with van der Waals surface area (Å²) in [5, 5.41) is 3.44.